The van der Waals surface area contributed by atoms with E-state index in [0.717, 1.165) is 18.8 Å². The van der Waals surface area contributed by atoms with Crippen LogP contribution >= 0.6 is 0 Å². The van der Waals surface area contributed by atoms with E-state index in [1.54, 1.807) is 24.3 Å². The predicted molar refractivity (Wildman–Crippen MR) is 84.3 cm³/mol. The minimum Gasteiger partial charge on any atom is -0.508 e. The van der Waals surface area contributed by atoms with Gasteiger partial charge in [-0.2, -0.15) is 0 Å². The Labute approximate surface area is 129 Å². The number of piperazine rings is 1. The van der Waals surface area contributed by atoms with E-state index in [2.05, 4.69) is 4.90 Å². The fraction of sp³-hybridized carbons (Fsp3) is 0.235. The van der Waals surface area contributed by atoms with Gasteiger partial charge in [-0.3, -0.25) is 4.79 Å². The van der Waals surface area contributed by atoms with Crippen LogP contribution in [0.3, 0.4) is 0 Å². The first-order valence-corrected chi connectivity index (χ1v) is 7.26. The van der Waals surface area contributed by atoms with Crippen molar-refractivity contribution >= 4 is 11.6 Å². The Morgan fingerprint density at radius 3 is 1.82 bits per heavy atom. The quantitative estimate of drug-likeness (QED) is 0.891. The minimum atomic E-state index is -0.00893. The second-order valence-electron chi connectivity index (χ2n) is 5.34. The van der Waals surface area contributed by atoms with Crippen LogP contribution in [-0.2, 0) is 0 Å². The van der Waals surface area contributed by atoms with E-state index < -0.39 is 0 Å². The molecule has 1 aliphatic heterocycles. The summed E-state index contributed by atoms with van der Waals surface area (Å²) in [5.74, 6) is 0.406. The number of carbonyl (C=O) groups excluding carboxylic acids is 1. The third kappa shape index (κ3) is 2.98. The lowest BCUT2D eigenvalue weighted by atomic mass is 10.1. The summed E-state index contributed by atoms with van der Waals surface area (Å²) in [5, 5.41) is 18.6. The summed E-state index contributed by atoms with van der Waals surface area (Å²) in [6, 6.07) is 13.4. The maximum absolute atomic E-state index is 12.4. The molecule has 0 radical (unpaired) electrons. The van der Waals surface area contributed by atoms with Crippen molar-refractivity contribution in [2.24, 2.45) is 0 Å². The van der Waals surface area contributed by atoms with Crippen molar-refractivity contribution in [3.63, 3.8) is 0 Å². The molecule has 0 aromatic heterocycles. The van der Waals surface area contributed by atoms with Gasteiger partial charge in [0.25, 0.3) is 5.91 Å². The second-order valence-corrected chi connectivity index (χ2v) is 5.34. The summed E-state index contributed by atoms with van der Waals surface area (Å²) in [5.41, 5.74) is 1.64. The van der Waals surface area contributed by atoms with Crippen molar-refractivity contribution in [2.75, 3.05) is 31.1 Å². The highest BCUT2D eigenvalue weighted by Crippen LogP contribution is 2.20. The molecule has 22 heavy (non-hydrogen) atoms. The van der Waals surface area contributed by atoms with Crippen LogP contribution < -0.4 is 4.90 Å². The molecule has 1 saturated heterocycles. The third-order valence-corrected chi connectivity index (χ3v) is 3.90. The van der Waals surface area contributed by atoms with Gasteiger partial charge in [0.2, 0.25) is 0 Å². The summed E-state index contributed by atoms with van der Waals surface area (Å²) in [7, 11) is 0. The molecule has 0 atom stereocenters. The average molecular weight is 298 g/mol. The smallest absolute Gasteiger partial charge is 0.253 e. The van der Waals surface area contributed by atoms with Gasteiger partial charge >= 0.3 is 0 Å². The van der Waals surface area contributed by atoms with E-state index >= 15 is 0 Å². The highest BCUT2D eigenvalue weighted by molar-refractivity contribution is 5.94. The van der Waals surface area contributed by atoms with Gasteiger partial charge in [0.15, 0.2) is 0 Å². The highest BCUT2D eigenvalue weighted by atomic mass is 16.3. The summed E-state index contributed by atoms with van der Waals surface area (Å²) in [6.07, 6.45) is 0. The fourth-order valence-corrected chi connectivity index (χ4v) is 2.62. The largest absolute Gasteiger partial charge is 0.508 e. The number of nitrogens with zero attached hydrogens (tertiary/aromatic N) is 2. The normalized spacial score (nSPS) is 14.9. The number of carbonyl (C=O) groups is 1. The number of benzene rings is 2. The molecule has 2 aromatic rings. The number of anilines is 1. The van der Waals surface area contributed by atoms with Crippen molar-refractivity contribution in [3.05, 3.63) is 54.1 Å². The van der Waals surface area contributed by atoms with Gasteiger partial charge in [0, 0.05) is 37.4 Å². The maximum Gasteiger partial charge on any atom is 0.253 e. The van der Waals surface area contributed by atoms with E-state index in [4.69, 9.17) is 0 Å². The predicted octanol–water partition coefficient (Wildman–Crippen LogP) is 2.06. The maximum atomic E-state index is 12.4. The summed E-state index contributed by atoms with van der Waals surface area (Å²) >= 11 is 0. The Morgan fingerprint density at radius 1 is 0.773 bits per heavy atom. The van der Waals surface area contributed by atoms with Gasteiger partial charge < -0.3 is 20.0 Å². The Hall–Kier alpha value is -2.69. The van der Waals surface area contributed by atoms with Gasteiger partial charge in [0.05, 0.1) is 0 Å². The molecule has 1 amide bonds. The molecular formula is C17H18N2O3. The summed E-state index contributed by atoms with van der Waals surface area (Å²) in [6.45, 7) is 2.82. The van der Waals surface area contributed by atoms with E-state index in [0.29, 0.717) is 18.7 Å². The van der Waals surface area contributed by atoms with Gasteiger partial charge in [-0.25, -0.2) is 0 Å². The van der Waals surface area contributed by atoms with Gasteiger partial charge in [-0.15, -0.1) is 0 Å². The van der Waals surface area contributed by atoms with Crippen LogP contribution in [0.15, 0.2) is 48.5 Å². The molecule has 1 heterocycles. The Morgan fingerprint density at radius 2 is 1.27 bits per heavy atom. The molecule has 2 aromatic carbocycles. The first kappa shape index (κ1) is 14.3. The summed E-state index contributed by atoms with van der Waals surface area (Å²) < 4.78 is 0. The molecule has 114 valence electrons. The number of hydrogen-bond donors (Lipinski definition) is 2. The molecule has 0 aliphatic carbocycles. The zero-order valence-corrected chi connectivity index (χ0v) is 12.1. The summed E-state index contributed by atoms with van der Waals surface area (Å²) in [4.78, 5) is 16.4. The molecule has 5 nitrogen and oxygen atoms in total. The molecule has 0 saturated carbocycles. The standard InChI is InChI=1S/C17H18N2O3/c20-15-5-1-13(2-6-15)17(22)19-11-9-18(10-12-19)14-3-7-16(21)8-4-14/h1-8,20-21H,9-12H2. The molecule has 0 bridgehead atoms. The lowest BCUT2D eigenvalue weighted by molar-refractivity contribution is 0.0747. The monoisotopic (exact) mass is 298 g/mol. The van der Waals surface area contributed by atoms with Crippen molar-refractivity contribution < 1.29 is 15.0 Å². The van der Waals surface area contributed by atoms with Crippen molar-refractivity contribution in [2.45, 2.75) is 0 Å². The van der Waals surface area contributed by atoms with Crippen LogP contribution in [0.5, 0.6) is 11.5 Å². The first-order valence-electron chi connectivity index (χ1n) is 7.26. The van der Waals surface area contributed by atoms with Crippen LogP contribution in [0, 0.1) is 0 Å². The van der Waals surface area contributed by atoms with Crippen molar-refractivity contribution in [3.8, 4) is 11.5 Å². The zero-order valence-electron chi connectivity index (χ0n) is 12.1. The molecule has 2 N–H and O–H groups in total. The molecule has 0 spiro atoms. The number of rotatable bonds is 2. The third-order valence-electron chi connectivity index (χ3n) is 3.90. The number of amides is 1. The molecular weight excluding hydrogens is 280 g/mol. The Bertz CT molecular complexity index is 645. The van der Waals surface area contributed by atoms with Gasteiger partial charge in [-0.05, 0) is 48.5 Å². The molecule has 1 aliphatic rings. The first-order chi connectivity index (χ1) is 10.6. The molecule has 0 unspecified atom stereocenters. The topological polar surface area (TPSA) is 64.0 Å². The van der Waals surface area contributed by atoms with Crippen LogP contribution in [-0.4, -0.2) is 47.2 Å². The van der Waals surface area contributed by atoms with Crippen LogP contribution in [0.4, 0.5) is 5.69 Å². The zero-order chi connectivity index (χ0) is 15.5. The van der Waals surface area contributed by atoms with Crippen molar-refractivity contribution in [1.29, 1.82) is 0 Å². The SMILES string of the molecule is O=C(c1ccc(O)cc1)N1CCN(c2ccc(O)cc2)CC1. The average Bonchev–Trinajstić information content (AvgIpc) is 2.56. The van der Waals surface area contributed by atoms with E-state index in [-0.39, 0.29) is 17.4 Å². The number of hydrogen-bond acceptors (Lipinski definition) is 4. The van der Waals surface area contributed by atoms with E-state index in [1.807, 2.05) is 17.0 Å². The molecule has 3 rings (SSSR count). The second kappa shape index (κ2) is 5.97. The van der Waals surface area contributed by atoms with Crippen LogP contribution in [0.2, 0.25) is 0 Å². The van der Waals surface area contributed by atoms with Gasteiger partial charge in [0.1, 0.15) is 11.5 Å². The highest BCUT2D eigenvalue weighted by Gasteiger charge is 2.22. The lowest BCUT2D eigenvalue weighted by Crippen LogP contribution is -2.48. The van der Waals surface area contributed by atoms with Crippen LogP contribution in [0.1, 0.15) is 10.4 Å². The molecule has 1 fully saturated rings. The Kier molecular flexibility index (Phi) is 3.87. The fourth-order valence-electron chi connectivity index (χ4n) is 2.62. The lowest BCUT2D eigenvalue weighted by Gasteiger charge is -2.36. The Balaban J connectivity index is 1.62. The number of phenols is 2. The number of phenolic OH excluding ortho intramolecular Hbond substituents is 2. The molecule has 5 heteroatoms. The number of aromatic hydroxyl groups is 2. The van der Waals surface area contributed by atoms with Gasteiger partial charge in [-0.1, -0.05) is 0 Å². The van der Waals surface area contributed by atoms with E-state index in [1.165, 1.54) is 12.1 Å². The van der Waals surface area contributed by atoms with E-state index in [9.17, 15) is 15.0 Å². The minimum absolute atomic E-state index is 0.00893. The van der Waals surface area contributed by atoms with Crippen LogP contribution in [0.25, 0.3) is 0 Å². The van der Waals surface area contributed by atoms with Crippen molar-refractivity contribution in [1.82, 2.24) is 4.90 Å².